The fourth-order valence-electron chi connectivity index (χ4n) is 2.99. The van der Waals surface area contributed by atoms with Crippen molar-refractivity contribution in [2.24, 2.45) is 0 Å². The molecule has 0 bridgehead atoms. The summed E-state index contributed by atoms with van der Waals surface area (Å²) < 4.78 is 5.79. The van der Waals surface area contributed by atoms with E-state index in [1.54, 1.807) is 6.07 Å². The van der Waals surface area contributed by atoms with E-state index in [9.17, 15) is 0 Å². The SMILES string of the molecule is N#Cc1cc(N2CCCN(Cc3ccccc3)CCOCC2)ncn1. The zero-order valence-electron chi connectivity index (χ0n) is 14.3. The van der Waals surface area contributed by atoms with Gasteiger partial charge in [-0.3, -0.25) is 4.90 Å². The minimum absolute atomic E-state index is 0.397. The van der Waals surface area contributed by atoms with E-state index in [-0.39, 0.29) is 0 Å². The van der Waals surface area contributed by atoms with Crippen LogP contribution in [0.3, 0.4) is 0 Å². The van der Waals surface area contributed by atoms with Gasteiger partial charge in [-0.1, -0.05) is 30.3 Å². The van der Waals surface area contributed by atoms with Gasteiger partial charge in [0.2, 0.25) is 0 Å². The second-order valence-electron chi connectivity index (χ2n) is 6.09. The molecule has 2 aromatic rings. The number of anilines is 1. The van der Waals surface area contributed by atoms with Gasteiger partial charge in [-0.25, -0.2) is 9.97 Å². The van der Waals surface area contributed by atoms with Gasteiger partial charge in [-0.05, 0) is 12.0 Å². The Labute approximate surface area is 148 Å². The van der Waals surface area contributed by atoms with Crippen molar-refractivity contribution in [2.45, 2.75) is 13.0 Å². The van der Waals surface area contributed by atoms with Gasteiger partial charge in [0.15, 0.2) is 0 Å². The first-order valence-corrected chi connectivity index (χ1v) is 8.66. The minimum Gasteiger partial charge on any atom is -0.378 e. The van der Waals surface area contributed by atoms with E-state index in [1.165, 1.54) is 11.9 Å². The van der Waals surface area contributed by atoms with Crippen LogP contribution in [0.2, 0.25) is 0 Å². The average molecular weight is 337 g/mol. The van der Waals surface area contributed by atoms with Crippen molar-refractivity contribution in [2.75, 3.05) is 44.3 Å². The van der Waals surface area contributed by atoms with Crippen LogP contribution in [0.5, 0.6) is 0 Å². The van der Waals surface area contributed by atoms with Crippen molar-refractivity contribution in [3.63, 3.8) is 0 Å². The predicted molar refractivity (Wildman–Crippen MR) is 96.1 cm³/mol. The molecule has 3 rings (SSSR count). The topological polar surface area (TPSA) is 65.3 Å². The molecule has 1 aliphatic heterocycles. The average Bonchev–Trinajstić information content (AvgIpc) is 2.67. The molecule has 0 amide bonds. The molecule has 6 nitrogen and oxygen atoms in total. The molecule has 0 unspecified atom stereocenters. The van der Waals surface area contributed by atoms with Crippen LogP contribution in [0.4, 0.5) is 5.82 Å². The summed E-state index contributed by atoms with van der Waals surface area (Å²) in [5, 5.41) is 9.03. The van der Waals surface area contributed by atoms with Gasteiger partial charge in [-0.15, -0.1) is 0 Å². The molecule has 0 aliphatic carbocycles. The largest absolute Gasteiger partial charge is 0.378 e. The summed E-state index contributed by atoms with van der Waals surface area (Å²) in [6, 6.07) is 14.3. The highest BCUT2D eigenvalue weighted by Crippen LogP contribution is 2.13. The lowest BCUT2D eigenvalue weighted by Gasteiger charge is -2.28. The summed E-state index contributed by atoms with van der Waals surface area (Å²) in [7, 11) is 0. The smallest absolute Gasteiger partial charge is 0.145 e. The van der Waals surface area contributed by atoms with Crippen molar-refractivity contribution in [1.82, 2.24) is 14.9 Å². The van der Waals surface area contributed by atoms with E-state index >= 15 is 0 Å². The van der Waals surface area contributed by atoms with Crippen LogP contribution < -0.4 is 4.90 Å². The number of hydrogen-bond acceptors (Lipinski definition) is 6. The summed E-state index contributed by atoms with van der Waals surface area (Å²) in [5.41, 5.74) is 1.72. The van der Waals surface area contributed by atoms with Gasteiger partial charge < -0.3 is 9.64 Å². The number of hydrogen-bond donors (Lipinski definition) is 0. The highest BCUT2D eigenvalue weighted by atomic mass is 16.5. The molecule has 1 aliphatic rings. The molecule has 1 aromatic carbocycles. The number of ether oxygens (including phenoxy) is 1. The Morgan fingerprint density at radius 3 is 2.72 bits per heavy atom. The third-order valence-corrected chi connectivity index (χ3v) is 4.30. The van der Waals surface area contributed by atoms with Crippen molar-refractivity contribution < 1.29 is 4.74 Å². The van der Waals surface area contributed by atoms with Crippen molar-refractivity contribution in [3.8, 4) is 6.07 Å². The summed E-state index contributed by atoms with van der Waals surface area (Å²) in [5.74, 6) is 0.797. The molecule has 0 atom stereocenters. The number of nitrogens with zero attached hydrogens (tertiary/aromatic N) is 5. The second kappa shape index (κ2) is 9.11. The maximum Gasteiger partial charge on any atom is 0.145 e. The standard InChI is InChI=1S/C19H23N5O/c20-14-18-13-19(22-16-21-18)24-8-4-7-23(9-11-25-12-10-24)15-17-5-2-1-3-6-17/h1-3,5-6,13,16H,4,7-12,15H2. The number of aromatic nitrogens is 2. The molecule has 6 heteroatoms. The monoisotopic (exact) mass is 337 g/mol. The molecule has 0 spiro atoms. The first-order chi connectivity index (χ1) is 12.3. The van der Waals surface area contributed by atoms with Gasteiger partial charge in [0.1, 0.15) is 23.9 Å². The molecule has 1 aromatic heterocycles. The lowest BCUT2D eigenvalue weighted by Crippen LogP contribution is -2.36. The van der Waals surface area contributed by atoms with Crippen molar-refractivity contribution in [1.29, 1.82) is 5.26 Å². The van der Waals surface area contributed by atoms with Crippen LogP contribution in [0, 0.1) is 11.3 Å². The van der Waals surface area contributed by atoms with Crippen molar-refractivity contribution >= 4 is 5.82 Å². The lowest BCUT2D eigenvalue weighted by molar-refractivity contribution is 0.100. The van der Waals surface area contributed by atoms with E-state index in [0.29, 0.717) is 12.3 Å². The summed E-state index contributed by atoms with van der Waals surface area (Å²) in [4.78, 5) is 12.9. The van der Waals surface area contributed by atoms with E-state index in [4.69, 9.17) is 10.00 Å². The molecule has 1 fully saturated rings. The van der Waals surface area contributed by atoms with Gasteiger partial charge >= 0.3 is 0 Å². The Kier molecular flexibility index (Phi) is 6.32. The molecule has 0 radical (unpaired) electrons. The van der Waals surface area contributed by atoms with Crippen LogP contribution >= 0.6 is 0 Å². The van der Waals surface area contributed by atoms with E-state index < -0.39 is 0 Å². The zero-order valence-corrected chi connectivity index (χ0v) is 14.3. The fraction of sp³-hybridized carbons (Fsp3) is 0.421. The van der Waals surface area contributed by atoms with Crippen LogP contribution in [-0.2, 0) is 11.3 Å². The summed E-state index contributed by atoms with van der Waals surface area (Å²) >= 11 is 0. The van der Waals surface area contributed by atoms with Crippen LogP contribution in [0.15, 0.2) is 42.7 Å². The molecule has 25 heavy (non-hydrogen) atoms. The van der Waals surface area contributed by atoms with E-state index in [1.807, 2.05) is 6.07 Å². The molecular weight excluding hydrogens is 314 g/mol. The third kappa shape index (κ3) is 5.24. The fourth-order valence-corrected chi connectivity index (χ4v) is 2.99. The van der Waals surface area contributed by atoms with Gasteiger partial charge in [0, 0.05) is 38.8 Å². The highest BCUT2D eigenvalue weighted by Gasteiger charge is 2.13. The van der Waals surface area contributed by atoms with Crippen LogP contribution in [0.25, 0.3) is 0 Å². The normalized spacial score (nSPS) is 17.0. The summed E-state index contributed by atoms with van der Waals surface area (Å²) in [6.45, 7) is 5.94. The molecule has 0 saturated carbocycles. The van der Waals surface area contributed by atoms with Crippen LogP contribution in [0.1, 0.15) is 17.7 Å². The lowest BCUT2D eigenvalue weighted by atomic mass is 10.2. The van der Waals surface area contributed by atoms with Gasteiger partial charge in [0.05, 0.1) is 13.2 Å². The van der Waals surface area contributed by atoms with Gasteiger partial charge in [-0.2, -0.15) is 5.26 Å². The third-order valence-electron chi connectivity index (χ3n) is 4.30. The van der Waals surface area contributed by atoms with Crippen LogP contribution in [-0.4, -0.2) is 54.3 Å². The second-order valence-corrected chi connectivity index (χ2v) is 6.09. The first kappa shape index (κ1) is 17.3. The van der Waals surface area contributed by atoms with E-state index in [2.05, 4.69) is 50.1 Å². The molecule has 130 valence electrons. The molecule has 2 heterocycles. The number of nitriles is 1. The zero-order chi connectivity index (χ0) is 17.3. The Balaban J connectivity index is 1.62. The molecule has 1 saturated heterocycles. The Morgan fingerprint density at radius 2 is 1.88 bits per heavy atom. The summed E-state index contributed by atoms with van der Waals surface area (Å²) in [6.07, 6.45) is 2.49. The number of benzene rings is 1. The first-order valence-electron chi connectivity index (χ1n) is 8.66. The maximum absolute atomic E-state index is 9.03. The maximum atomic E-state index is 9.03. The Bertz CT molecular complexity index is 700. The minimum atomic E-state index is 0.397. The molecular formula is C19H23N5O. The predicted octanol–water partition coefficient (Wildman–Crippen LogP) is 2.08. The Hall–Kier alpha value is -2.49. The van der Waals surface area contributed by atoms with Crippen molar-refractivity contribution in [3.05, 3.63) is 54.0 Å². The molecule has 0 N–H and O–H groups in total. The number of rotatable bonds is 3. The quantitative estimate of drug-likeness (QED) is 0.854. The van der Waals surface area contributed by atoms with E-state index in [0.717, 1.165) is 51.6 Å². The highest BCUT2D eigenvalue weighted by molar-refractivity contribution is 5.41. The van der Waals surface area contributed by atoms with Gasteiger partial charge in [0.25, 0.3) is 0 Å². The Morgan fingerprint density at radius 1 is 1.04 bits per heavy atom.